The van der Waals surface area contributed by atoms with Crippen molar-refractivity contribution >= 4 is 39.0 Å². The molecule has 0 saturated heterocycles. The van der Waals surface area contributed by atoms with Crippen molar-refractivity contribution in [3.8, 4) is 0 Å². The van der Waals surface area contributed by atoms with Crippen molar-refractivity contribution in [1.82, 2.24) is 9.97 Å². The highest BCUT2D eigenvalue weighted by Crippen LogP contribution is 2.29. The first-order valence-corrected chi connectivity index (χ1v) is 5.84. The van der Waals surface area contributed by atoms with Gasteiger partial charge in [0.2, 0.25) is 0 Å². The van der Waals surface area contributed by atoms with Crippen LogP contribution < -0.4 is 5.32 Å². The lowest BCUT2D eigenvalue weighted by molar-refractivity contribution is 1.15. The second kappa shape index (κ2) is 4.80. The van der Waals surface area contributed by atoms with Crippen LogP contribution in [0.25, 0.3) is 0 Å². The molecule has 82 valence electrons. The molecule has 0 bridgehead atoms. The molecule has 0 radical (unpaired) electrons. The lowest BCUT2D eigenvalue weighted by Gasteiger charge is -2.09. The Kier molecular flexibility index (Phi) is 3.41. The summed E-state index contributed by atoms with van der Waals surface area (Å²) in [6, 6.07) is 7.96. The summed E-state index contributed by atoms with van der Waals surface area (Å²) in [6.45, 7) is 2.03. The molecule has 5 heteroatoms. The van der Waals surface area contributed by atoms with Gasteiger partial charge >= 0.3 is 0 Å². The minimum absolute atomic E-state index is 0.395. The molecule has 0 aliphatic rings. The van der Waals surface area contributed by atoms with E-state index < -0.39 is 0 Å². The van der Waals surface area contributed by atoms with Gasteiger partial charge in [0.25, 0.3) is 0 Å². The van der Waals surface area contributed by atoms with E-state index >= 15 is 0 Å². The molecule has 0 aliphatic heterocycles. The zero-order valence-electron chi connectivity index (χ0n) is 8.54. The average molecular weight is 299 g/mol. The fourth-order valence-corrected chi connectivity index (χ4v) is 1.71. The van der Waals surface area contributed by atoms with Gasteiger partial charge in [-0.15, -0.1) is 0 Å². The van der Waals surface area contributed by atoms with E-state index in [1.54, 1.807) is 0 Å². The van der Waals surface area contributed by atoms with Crippen molar-refractivity contribution in [3.63, 3.8) is 0 Å². The minimum Gasteiger partial charge on any atom is -0.339 e. The molecule has 0 aliphatic carbocycles. The summed E-state index contributed by atoms with van der Waals surface area (Å²) in [6.07, 6.45) is 1.42. The van der Waals surface area contributed by atoms with E-state index in [0.29, 0.717) is 15.4 Å². The highest BCUT2D eigenvalue weighted by atomic mass is 79.9. The van der Waals surface area contributed by atoms with E-state index in [1.807, 2.05) is 31.2 Å². The summed E-state index contributed by atoms with van der Waals surface area (Å²) in [5.74, 6) is 0.661. The average Bonchev–Trinajstić information content (AvgIpc) is 2.28. The Morgan fingerprint density at radius 3 is 2.75 bits per heavy atom. The Hall–Kier alpha value is -1.13. The van der Waals surface area contributed by atoms with Gasteiger partial charge in [0.1, 0.15) is 17.3 Å². The number of benzene rings is 1. The third-order valence-electron chi connectivity index (χ3n) is 2.15. The van der Waals surface area contributed by atoms with Crippen LogP contribution in [0.15, 0.2) is 35.1 Å². The lowest BCUT2D eigenvalue weighted by atomic mass is 10.2. The monoisotopic (exact) mass is 297 g/mol. The Morgan fingerprint density at radius 2 is 2.00 bits per heavy atom. The summed E-state index contributed by atoms with van der Waals surface area (Å²) in [5, 5.41) is 3.59. The summed E-state index contributed by atoms with van der Waals surface area (Å²) < 4.78 is 0.667. The molecule has 16 heavy (non-hydrogen) atoms. The molecule has 0 saturated carbocycles. The Balaban J connectivity index is 2.35. The molecule has 3 nitrogen and oxygen atoms in total. The predicted octanol–water partition coefficient (Wildman–Crippen LogP) is 3.94. The van der Waals surface area contributed by atoms with Gasteiger partial charge in [0, 0.05) is 5.69 Å². The highest BCUT2D eigenvalue weighted by Gasteiger charge is 2.07. The van der Waals surface area contributed by atoms with Gasteiger partial charge in [-0.05, 0) is 34.5 Å². The summed E-state index contributed by atoms with van der Waals surface area (Å²) in [5.41, 5.74) is 2.14. The SMILES string of the molecule is Cc1ccccc1Nc1ncnc(Cl)c1Br. The normalized spacial score (nSPS) is 10.2. The number of para-hydroxylation sites is 1. The van der Waals surface area contributed by atoms with Gasteiger partial charge in [0.15, 0.2) is 0 Å². The molecular weight excluding hydrogens is 289 g/mol. The number of hydrogen-bond donors (Lipinski definition) is 1. The molecule has 1 N–H and O–H groups in total. The Morgan fingerprint density at radius 1 is 1.25 bits per heavy atom. The quantitative estimate of drug-likeness (QED) is 0.853. The number of aromatic nitrogens is 2. The minimum atomic E-state index is 0.395. The van der Waals surface area contributed by atoms with Crippen molar-refractivity contribution in [3.05, 3.63) is 45.8 Å². The van der Waals surface area contributed by atoms with E-state index in [4.69, 9.17) is 11.6 Å². The largest absolute Gasteiger partial charge is 0.339 e. The van der Waals surface area contributed by atoms with Gasteiger partial charge in [-0.25, -0.2) is 9.97 Å². The van der Waals surface area contributed by atoms with Crippen LogP contribution >= 0.6 is 27.5 Å². The predicted molar refractivity (Wildman–Crippen MR) is 69.2 cm³/mol. The molecule has 0 amide bonds. The number of nitrogens with zero attached hydrogens (tertiary/aromatic N) is 2. The van der Waals surface area contributed by atoms with Gasteiger partial charge in [-0.3, -0.25) is 0 Å². The third kappa shape index (κ3) is 2.33. The first-order valence-electron chi connectivity index (χ1n) is 4.67. The number of anilines is 2. The summed E-state index contributed by atoms with van der Waals surface area (Å²) in [7, 11) is 0. The van der Waals surface area contributed by atoms with Crippen molar-refractivity contribution in [1.29, 1.82) is 0 Å². The Labute approximate surface area is 107 Å². The maximum Gasteiger partial charge on any atom is 0.149 e. The molecule has 0 fully saturated rings. The van der Waals surface area contributed by atoms with Crippen LogP contribution in [0.4, 0.5) is 11.5 Å². The zero-order valence-corrected chi connectivity index (χ0v) is 10.9. The molecule has 1 aromatic heterocycles. The van der Waals surface area contributed by atoms with Crippen LogP contribution in [0.1, 0.15) is 5.56 Å². The van der Waals surface area contributed by atoms with Gasteiger partial charge in [0.05, 0.1) is 4.47 Å². The molecule has 1 aromatic carbocycles. The van der Waals surface area contributed by atoms with Crippen molar-refractivity contribution in [2.24, 2.45) is 0 Å². The standard InChI is InChI=1S/C11H9BrClN3/c1-7-4-2-3-5-8(7)16-11-9(12)10(13)14-6-15-11/h2-6H,1H3,(H,14,15,16). The summed E-state index contributed by atoms with van der Waals surface area (Å²) in [4.78, 5) is 7.99. The number of hydrogen-bond acceptors (Lipinski definition) is 3. The fourth-order valence-electron chi connectivity index (χ4n) is 1.28. The molecule has 0 spiro atoms. The third-order valence-corrected chi connectivity index (χ3v) is 3.41. The van der Waals surface area contributed by atoms with Gasteiger partial charge < -0.3 is 5.32 Å². The second-order valence-electron chi connectivity index (χ2n) is 3.27. The van der Waals surface area contributed by atoms with Crippen LogP contribution in [0, 0.1) is 6.92 Å². The number of halogens is 2. The number of rotatable bonds is 2. The second-order valence-corrected chi connectivity index (χ2v) is 4.42. The number of aryl methyl sites for hydroxylation is 1. The first kappa shape index (κ1) is 11.4. The van der Waals surface area contributed by atoms with Gasteiger partial charge in [-0.1, -0.05) is 29.8 Å². The van der Waals surface area contributed by atoms with Crippen LogP contribution in [0.3, 0.4) is 0 Å². The molecular formula is C11H9BrClN3. The van der Waals surface area contributed by atoms with E-state index in [-0.39, 0.29) is 0 Å². The maximum absolute atomic E-state index is 5.88. The van der Waals surface area contributed by atoms with Crippen LogP contribution in [-0.4, -0.2) is 9.97 Å². The van der Waals surface area contributed by atoms with Crippen molar-refractivity contribution < 1.29 is 0 Å². The molecule has 0 unspecified atom stereocenters. The van der Waals surface area contributed by atoms with E-state index in [2.05, 4.69) is 31.2 Å². The molecule has 2 rings (SSSR count). The zero-order chi connectivity index (χ0) is 11.5. The smallest absolute Gasteiger partial charge is 0.149 e. The van der Waals surface area contributed by atoms with Gasteiger partial charge in [-0.2, -0.15) is 0 Å². The van der Waals surface area contributed by atoms with Crippen LogP contribution in [0.2, 0.25) is 5.15 Å². The van der Waals surface area contributed by atoms with Crippen molar-refractivity contribution in [2.75, 3.05) is 5.32 Å². The van der Waals surface area contributed by atoms with E-state index in [1.165, 1.54) is 6.33 Å². The topological polar surface area (TPSA) is 37.8 Å². The molecule has 2 aromatic rings. The molecule has 0 atom stereocenters. The summed E-state index contributed by atoms with van der Waals surface area (Å²) >= 11 is 9.22. The fraction of sp³-hybridized carbons (Fsp3) is 0.0909. The van der Waals surface area contributed by atoms with Crippen molar-refractivity contribution in [2.45, 2.75) is 6.92 Å². The molecule has 1 heterocycles. The lowest BCUT2D eigenvalue weighted by Crippen LogP contribution is -1.97. The van der Waals surface area contributed by atoms with E-state index in [9.17, 15) is 0 Å². The highest BCUT2D eigenvalue weighted by molar-refractivity contribution is 9.10. The first-order chi connectivity index (χ1) is 7.68. The van der Waals surface area contributed by atoms with Crippen LogP contribution in [-0.2, 0) is 0 Å². The van der Waals surface area contributed by atoms with Crippen LogP contribution in [0.5, 0.6) is 0 Å². The maximum atomic E-state index is 5.88. The number of nitrogens with one attached hydrogen (secondary N) is 1. The Bertz CT molecular complexity index is 516. The van der Waals surface area contributed by atoms with E-state index in [0.717, 1.165) is 11.3 Å².